The van der Waals surface area contributed by atoms with Crippen LogP contribution in [0.4, 0.5) is 0 Å². The molecule has 0 N–H and O–H groups in total. The van der Waals surface area contributed by atoms with Gasteiger partial charge in [0.1, 0.15) is 17.9 Å². The highest BCUT2D eigenvalue weighted by molar-refractivity contribution is 6.05. The van der Waals surface area contributed by atoms with E-state index in [1.165, 1.54) is 0 Å². The Bertz CT molecular complexity index is 714. The van der Waals surface area contributed by atoms with Gasteiger partial charge < -0.3 is 9.30 Å². The Hall–Kier alpha value is -2.10. The third-order valence-corrected chi connectivity index (χ3v) is 3.30. The van der Waals surface area contributed by atoms with Crippen LogP contribution in [0.3, 0.4) is 0 Å². The quantitative estimate of drug-likeness (QED) is 0.706. The number of benzene rings is 1. The fourth-order valence-corrected chi connectivity index (χ4v) is 2.38. The monoisotopic (exact) mass is 242 g/mol. The molecule has 4 heteroatoms. The maximum Gasteiger partial charge on any atom is 0.263 e. The molecule has 1 aliphatic heterocycles. The van der Waals surface area contributed by atoms with Crippen LogP contribution in [0.15, 0.2) is 34.1 Å². The van der Waals surface area contributed by atoms with E-state index in [2.05, 4.69) is 4.99 Å². The SMILES string of the molecule is CC1=NCCOc2c1c(=O)n(C)c1ccccc21. The lowest BCUT2D eigenvalue weighted by Crippen LogP contribution is -2.24. The molecule has 2 aromatic rings. The Morgan fingerprint density at radius 3 is 2.94 bits per heavy atom. The lowest BCUT2D eigenvalue weighted by atomic mass is 10.1. The number of aliphatic imine (C=N–C) groups is 1. The van der Waals surface area contributed by atoms with Crippen molar-refractivity contribution in [2.45, 2.75) is 6.92 Å². The maximum atomic E-state index is 12.4. The van der Waals surface area contributed by atoms with Crippen molar-refractivity contribution in [1.29, 1.82) is 0 Å². The second-order valence-corrected chi connectivity index (χ2v) is 4.40. The summed E-state index contributed by atoms with van der Waals surface area (Å²) in [5.74, 6) is 0.674. The smallest absolute Gasteiger partial charge is 0.263 e. The van der Waals surface area contributed by atoms with E-state index in [4.69, 9.17) is 4.74 Å². The van der Waals surface area contributed by atoms with E-state index in [0.29, 0.717) is 24.5 Å². The summed E-state index contributed by atoms with van der Waals surface area (Å²) >= 11 is 0. The molecule has 0 saturated carbocycles. The third kappa shape index (κ3) is 1.45. The van der Waals surface area contributed by atoms with Crippen LogP contribution in [0.2, 0.25) is 0 Å². The third-order valence-electron chi connectivity index (χ3n) is 3.30. The van der Waals surface area contributed by atoms with E-state index in [9.17, 15) is 4.79 Å². The first-order chi connectivity index (χ1) is 8.70. The number of nitrogens with zero attached hydrogens (tertiary/aromatic N) is 2. The summed E-state index contributed by atoms with van der Waals surface area (Å²) in [5, 5.41) is 0.964. The van der Waals surface area contributed by atoms with Gasteiger partial charge in [0.25, 0.3) is 5.56 Å². The molecule has 0 atom stereocenters. The molecule has 0 radical (unpaired) electrons. The van der Waals surface area contributed by atoms with Crippen LogP contribution in [0.5, 0.6) is 5.75 Å². The van der Waals surface area contributed by atoms with Gasteiger partial charge in [-0.2, -0.15) is 0 Å². The van der Waals surface area contributed by atoms with Gasteiger partial charge in [-0.1, -0.05) is 12.1 Å². The molecule has 2 heterocycles. The molecule has 18 heavy (non-hydrogen) atoms. The molecule has 1 aromatic heterocycles. The maximum absolute atomic E-state index is 12.4. The van der Waals surface area contributed by atoms with E-state index in [1.807, 2.05) is 31.2 Å². The van der Waals surface area contributed by atoms with Crippen molar-refractivity contribution in [3.05, 3.63) is 40.2 Å². The number of aryl methyl sites for hydroxylation is 1. The molecule has 0 amide bonds. The van der Waals surface area contributed by atoms with E-state index >= 15 is 0 Å². The topological polar surface area (TPSA) is 43.6 Å². The molecule has 0 unspecified atom stereocenters. The van der Waals surface area contributed by atoms with Crippen molar-refractivity contribution in [3.8, 4) is 5.75 Å². The highest BCUT2D eigenvalue weighted by Crippen LogP contribution is 2.28. The number of fused-ring (bicyclic) bond motifs is 3. The summed E-state index contributed by atoms with van der Waals surface area (Å²) in [4.78, 5) is 16.7. The lowest BCUT2D eigenvalue weighted by Gasteiger charge is -2.13. The summed E-state index contributed by atoms with van der Waals surface area (Å²) in [6.07, 6.45) is 0. The summed E-state index contributed by atoms with van der Waals surface area (Å²) < 4.78 is 7.39. The number of pyridine rings is 1. The number of aromatic nitrogens is 1. The van der Waals surface area contributed by atoms with Gasteiger partial charge in [-0.05, 0) is 19.1 Å². The summed E-state index contributed by atoms with van der Waals surface area (Å²) in [7, 11) is 1.78. The van der Waals surface area contributed by atoms with Crippen molar-refractivity contribution in [2.24, 2.45) is 12.0 Å². The molecule has 0 fully saturated rings. The van der Waals surface area contributed by atoms with Crippen molar-refractivity contribution in [3.63, 3.8) is 0 Å². The summed E-state index contributed by atoms with van der Waals surface area (Å²) in [5.41, 5.74) is 2.19. The van der Waals surface area contributed by atoms with Crippen LogP contribution in [0.1, 0.15) is 12.5 Å². The van der Waals surface area contributed by atoms with Gasteiger partial charge in [0.05, 0.1) is 12.1 Å². The Morgan fingerprint density at radius 1 is 1.33 bits per heavy atom. The number of rotatable bonds is 0. The minimum Gasteiger partial charge on any atom is -0.490 e. The molecule has 1 aromatic carbocycles. The van der Waals surface area contributed by atoms with E-state index < -0.39 is 0 Å². The Labute approximate surface area is 105 Å². The van der Waals surface area contributed by atoms with E-state index in [1.54, 1.807) is 11.6 Å². The Morgan fingerprint density at radius 2 is 2.11 bits per heavy atom. The minimum atomic E-state index is -0.0492. The molecule has 1 aliphatic rings. The molecular formula is C14H14N2O2. The van der Waals surface area contributed by atoms with Crippen LogP contribution >= 0.6 is 0 Å². The first kappa shape index (κ1) is 11.0. The number of hydrogen-bond donors (Lipinski definition) is 0. The predicted octanol–water partition coefficient (Wildman–Crippen LogP) is 1.74. The standard InChI is InChI=1S/C14H14N2O2/c1-9-12-13(18-8-7-15-9)10-5-3-4-6-11(10)16(2)14(12)17/h3-6H,7-8H2,1-2H3. The van der Waals surface area contributed by atoms with E-state index in [-0.39, 0.29) is 5.56 Å². The van der Waals surface area contributed by atoms with Crippen LogP contribution in [0, 0.1) is 0 Å². The lowest BCUT2D eigenvalue weighted by molar-refractivity contribution is 0.334. The minimum absolute atomic E-state index is 0.0492. The zero-order valence-corrected chi connectivity index (χ0v) is 10.4. The van der Waals surface area contributed by atoms with Crippen molar-refractivity contribution >= 4 is 16.6 Å². The van der Waals surface area contributed by atoms with Gasteiger partial charge >= 0.3 is 0 Å². The Kier molecular flexibility index (Phi) is 2.44. The van der Waals surface area contributed by atoms with Crippen LogP contribution in [-0.4, -0.2) is 23.4 Å². The number of hydrogen-bond acceptors (Lipinski definition) is 3. The molecule has 0 bridgehead atoms. The molecule has 3 rings (SSSR count). The highest BCUT2D eigenvalue weighted by Gasteiger charge is 2.20. The zero-order chi connectivity index (χ0) is 12.7. The average molecular weight is 242 g/mol. The van der Waals surface area contributed by atoms with Gasteiger partial charge in [0, 0.05) is 18.1 Å². The zero-order valence-electron chi connectivity index (χ0n) is 10.4. The second-order valence-electron chi connectivity index (χ2n) is 4.40. The molecule has 92 valence electrons. The fraction of sp³-hybridized carbons (Fsp3) is 0.286. The molecule has 0 saturated heterocycles. The van der Waals surface area contributed by atoms with Gasteiger partial charge in [0.15, 0.2) is 0 Å². The largest absolute Gasteiger partial charge is 0.490 e. The van der Waals surface area contributed by atoms with Gasteiger partial charge in [-0.25, -0.2) is 0 Å². The molecule has 0 aliphatic carbocycles. The number of ether oxygens (including phenoxy) is 1. The number of para-hydroxylation sites is 1. The van der Waals surface area contributed by atoms with Crippen LogP contribution in [0.25, 0.3) is 10.9 Å². The van der Waals surface area contributed by atoms with Crippen molar-refractivity contribution in [2.75, 3.05) is 13.2 Å². The highest BCUT2D eigenvalue weighted by atomic mass is 16.5. The van der Waals surface area contributed by atoms with Crippen molar-refractivity contribution in [1.82, 2.24) is 4.57 Å². The first-order valence-electron chi connectivity index (χ1n) is 5.96. The summed E-state index contributed by atoms with van der Waals surface area (Å²) in [6.45, 7) is 2.98. The van der Waals surface area contributed by atoms with Crippen LogP contribution in [-0.2, 0) is 7.05 Å². The van der Waals surface area contributed by atoms with Crippen LogP contribution < -0.4 is 10.3 Å². The van der Waals surface area contributed by atoms with Gasteiger partial charge in [-0.15, -0.1) is 0 Å². The normalized spacial score (nSPS) is 14.7. The van der Waals surface area contributed by atoms with Gasteiger partial charge in [-0.3, -0.25) is 9.79 Å². The molecule has 4 nitrogen and oxygen atoms in total. The predicted molar refractivity (Wildman–Crippen MR) is 71.8 cm³/mol. The first-order valence-corrected chi connectivity index (χ1v) is 5.96. The molecule has 0 spiro atoms. The van der Waals surface area contributed by atoms with Gasteiger partial charge in [0.2, 0.25) is 0 Å². The summed E-state index contributed by atoms with van der Waals surface area (Å²) in [6, 6.07) is 7.78. The van der Waals surface area contributed by atoms with E-state index in [0.717, 1.165) is 16.6 Å². The average Bonchev–Trinajstić information content (AvgIpc) is 2.58. The Balaban J connectivity index is 2.52. The van der Waals surface area contributed by atoms with Crippen molar-refractivity contribution < 1.29 is 4.74 Å². The molecular weight excluding hydrogens is 228 g/mol. The fourth-order valence-electron chi connectivity index (χ4n) is 2.38. The second kappa shape index (κ2) is 3.98.